The standard InChI is InChI=1S/C32H28ClN3O3S/c1-38-25-9-5-21(6-10-25)31(22-7-11-26(39-2)12-8-22)36-32-27-15-20(18-34-29(37)17-33)3-4-23(27)16-28(32)30(35-36)24-13-14-40-19-24/h3-15,19,31H,16-18H2,1-2H3,(H,34,37). The second-order valence-corrected chi connectivity index (χ2v) is 10.7. The number of amides is 1. The van der Waals surface area contributed by atoms with Gasteiger partial charge in [0.05, 0.1) is 25.6 Å². The van der Waals surface area contributed by atoms with Gasteiger partial charge < -0.3 is 14.8 Å². The van der Waals surface area contributed by atoms with Crippen LogP contribution in [0.1, 0.15) is 33.9 Å². The number of carbonyl (C=O) groups excluding carboxylic acids is 1. The largest absolute Gasteiger partial charge is 0.497 e. The molecule has 3 aromatic carbocycles. The van der Waals surface area contributed by atoms with Gasteiger partial charge in [-0.2, -0.15) is 16.4 Å². The molecule has 40 heavy (non-hydrogen) atoms. The first-order valence-electron chi connectivity index (χ1n) is 13.0. The highest BCUT2D eigenvalue weighted by Crippen LogP contribution is 2.45. The molecule has 2 heterocycles. The van der Waals surface area contributed by atoms with E-state index in [4.69, 9.17) is 26.2 Å². The van der Waals surface area contributed by atoms with Crippen molar-refractivity contribution in [2.45, 2.75) is 19.0 Å². The van der Waals surface area contributed by atoms with Gasteiger partial charge in [0, 0.05) is 35.0 Å². The molecule has 0 atom stereocenters. The number of hydrogen-bond donors (Lipinski definition) is 1. The molecule has 6 nitrogen and oxygen atoms in total. The van der Waals surface area contributed by atoms with E-state index in [1.165, 1.54) is 11.1 Å². The first kappa shape index (κ1) is 26.2. The SMILES string of the molecule is COc1ccc(C(c2ccc(OC)cc2)n2nc(-c3ccsc3)c3c2-c2cc(CNC(=O)CCl)ccc2C3)cc1. The van der Waals surface area contributed by atoms with E-state index in [0.717, 1.165) is 57.1 Å². The molecule has 1 aliphatic carbocycles. The van der Waals surface area contributed by atoms with Crippen molar-refractivity contribution in [1.29, 1.82) is 0 Å². The van der Waals surface area contributed by atoms with Crippen molar-refractivity contribution in [3.63, 3.8) is 0 Å². The summed E-state index contributed by atoms with van der Waals surface area (Å²) in [5, 5.41) is 12.4. The second-order valence-electron chi connectivity index (χ2n) is 9.66. The zero-order valence-corrected chi connectivity index (χ0v) is 23.8. The summed E-state index contributed by atoms with van der Waals surface area (Å²) in [7, 11) is 3.35. The Balaban J connectivity index is 1.54. The van der Waals surface area contributed by atoms with E-state index in [1.807, 2.05) is 24.3 Å². The van der Waals surface area contributed by atoms with Crippen LogP contribution in [0.15, 0.2) is 83.6 Å². The molecule has 2 aromatic heterocycles. The van der Waals surface area contributed by atoms with Gasteiger partial charge in [0.2, 0.25) is 5.91 Å². The summed E-state index contributed by atoms with van der Waals surface area (Å²) in [5.41, 5.74) is 9.99. The van der Waals surface area contributed by atoms with Crippen LogP contribution in [0.4, 0.5) is 0 Å². The molecule has 1 N–H and O–H groups in total. The number of carbonyl (C=O) groups is 1. The third-order valence-electron chi connectivity index (χ3n) is 7.32. The van der Waals surface area contributed by atoms with Crippen LogP contribution in [0.3, 0.4) is 0 Å². The van der Waals surface area contributed by atoms with Crippen molar-refractivity contribution < 1.29 is 14.3 Å². The van der Waals surface area contributed by atoms with Crippen LogP contribution < -0.4 is 14.8 Å². The van der Waals surface area contributed by atoms with Crippen LogP contribution in [0, 0.1) is 0 Å². The highest BCUT2D eigenvalue weighted by atomic mass is 35.5. The molecule has 5 aromatic rings. The Morgan fingerprint density at radius 2 is 1.68 bits per heavy atom. The molecule has 0 saturated carbocycles. The summed E-state index contributed by atoms with van der Waals surface area (Å²) < 4.78 is 13.1. The van der Waals surface area contributed by atoms with Crippen molar-refractivity contribution in [2.75, 3.05) is 20.1 Å². The highest BCUT2D eigenvalue weighted by Gasteiger charge is 2.32. The highest BCUT2D eigenvalue weighted by molar-refractivity contribution is 7.08. The molecule has 0 radical (unpaired) electrons. The molecule has 0 fully saturated rings. The van der Waals surface area contributed by atoms with E-state index in [-0.39, 0.29) is 17.8 Å². The van der Waals surface area contributed by atoms with Gasteiger partial charge in [-0.05, 0) is 64.0 Å². The lowest BCUT2D eigenvalue weighted by molar-refractivity contribution is -0.118. The maximum absolute atomic E-state index is 11.8. The van der Waals surface area contributed by atoms with Gasteiger partial charge in [-0.15, -0.1) is 11.6 Å². The van der Waals surface area contributed by atoms with Crippen molar-refractivity contribution in [3.05, 3.63) is 111 Å². The normalized spacial score (nSPS) is 11.8. The van der Waals surface area contributed by atoms with Crippen molar-refractivity contribution >= 4 is 28.8 Å². The van der Waals surface area contributed by atoms with E-state index >= 15 is 0 Å². The summed E-state index contributed by atoms with van der Waals surface area (Å²) in [4.78, 5) is 11.8. The fourth-order valence-corrected chi connectivity index (χ4v) is 6.07. The van der Waals surface area contributed by atoms with Crippen LogP contribution in [0.25, 0.3) is 22.5 Å². The Bertz CT molecular complexity index is 1600. The van der Waals surface area contributed by atoms with Crippen molar-refractivity contribution in [2.24, 2.45) is 0 Å². The van der Waals surface area contributed by atoms with E-state index in [9.17, 15) is 4.79 Å². The molecule has 202 valence electrons. The lowest BCUT2D eigenvalue weighted by Crippen LogP contribution is -2.23. The molecule has 0 unspecified atom stereocenters. The van der Waals surface area contributed by atoms with Crippen LogP contribution in [0.5, 0.6) is 11.5 Å². The first-order chi connectivity index (χ1) is 19.6. The Hall–Kier alpha value is -4.07. The van der Waals surface area contributed by atoms with Gasteiger partial charge in [0.25, 0.3) is 0 Å². The van der Waals surface area contributed by atoms with E-state index in [0.29, 0.717) is 6.54 Å². The van der Waals surface area contributed by atoms with E-state index in [1.54, 1.807) is 25.6 Å². The van der Waals surface area contributed by atoms with Gasteiger partial charge >= 0.3 is 0 Å². The van der Waals surface area contributed by atoms with E-state index in [2.05, 4.69) is 69.3 Å². The Morgan fingerprint density at radius 3 is 2.25 bits per heavy atom. The summed E-state index contributed by atoms with van der Waals surface area (Å²) in [6.07, 6.45) is 0.794. The van der Waals surface area contributed by atoms with Crippen LogP contribution in [0.2, 0.25) is 0 Å². The number of alkyl halides is 1. The molecule has 0 spiro atoms. The summed E-state index contributed by atoms with van der Waals surface area (Å²) >= 11 is 7.37. The van der Waals surface area contributed by atoms with Crippen LogP contribution >= 0.6 is 22.9 Å². The molecule has 0 bridgehead atoms. The number of fused-ring (bicyclic) bond motifs is 3. The maximum Gasteiger partial charge on any atom is 0.235 e. The summed E-state index contributed by atoms with van der Waals surface area (Å²) in [6, 6.07) is 24.7. The number of methoxy groups -OCH3 is 2. The first-order valence-corrected chi connectivity index (χ1v) is 14.4. The average molecular weight is 570 g/mol. The molecule has 1 amide bonds. The minimum absolute atomic E-state index is 0.0583. The smallest absolute Gasteiger partial charge is 0.235 e. The minimum Gasteiger partial charge on any atom is -0.497 e. The number of nitrogens with zero attached hydrogens (tertiary/aromatic N) is 2. The summed E-state index contributed by atoms with van der Waals surface area (Å²) in [5.74, 6) is 1.36. The zero-order chi connectivity index (χ0) is 27.6. The molecular formula is C32H28ClN3O3S. The topological polar surface area (TPSA) is 65.4 Å². The van der Waals surface area contributed by atoms with Gasteiger partial charge in [0.15, 0.2) is 0 Å². The van der Waals surface area contributed by atoms with E-state index < -0.39 is 0 Å². The Morgan fingerprint density at radius 1 is 1.00 bits per heavy atom. The molecule has 1 aliphatic rings. The number of aromatic nitrogens is 2. The quantitative estimate of drug-likeness (QED) is 0.197. The zero-order valence-electron chi connectivity index (χ0n) is 22.2. The molecule has 0 saturated heterocycles. The fourth-order valence-electron chi connectivity index (χ4n) is 5.33. The van der Waals surface area contributed by atoms with Crippen LogP contribution in [-0.4, -0.2) is 35.8 Å². The molecule has 8 heteroatoms. The predicted molar refractivity (Wildman–Crippen MR) is 160 cm³/mol. The molecule has 6 rings (SSSR count). The van der Waals surface area contributed by atoms with Gasteiger partial charge in [0.1, 0.15) is 23.4 Å². The van der Waals surface area contributed by atoms with Crippen molar-refractivity contribution in [1.82, 2.24) is 15.1 Å². The van der Waals surface area contributed by atoms with Gasteiger partial charge in [-0.1, -0.05) is 36.4 Å². The lowest BCUT2D eigenvalue weighted by atomic mass is 9.97. The Labute approximate surface area is 242 Å². The maximum atomic E-state index is 11.8. The Kier molecular flexibility index (Phi) is 7.32. The number of halogens is 1. The summed E-state index contributed by atoms with van der Waals surface area (Å²) in [6.45, 7) is 0.417. The molecular weight excluding hydrogens is 542 g/mol. The number of ether oxygens (including phenoxy) is 2. The number of rotatable bonds is 9. The molecule has 0 aliphatic heterocycles. The third kappa shape index (κ3) is 4.87. The number of thiophene rings is 1. The van der Waals surface area contributed by atoms with Gasteiger partial charge in [-0.3, -0.25) is 9.48 Å². The minimum atomic E-state index is -0.191. The fraction of sp³-hybridized carbons (Fsp3) is 0.188. The third-order valence-corrected chi connectivity index (χ3v) is 8.24. The average Bonchev–Trinajstić information content (AvgIpc) is 3.74. The predicted octanol–water partition coefficient (Wildman–Crippen LogP) is 6.69. The lowest BCUT2D eigenvalue weighted by Gasteiger charge is -2.22. The number of hydrogen-bond acceptors (Lipinski definition) is 5. The number of nitrogens with one attached hydrogen (secondary N) is 1. The number of benzene rings is 3. The van der Waals surface area contributed by atoms with Crippen molar-refractivity contribution in [3.8, 4) is 34.0 Å². The second kappa shape index (κ2) is 11.2. The van der Waals surface area contributed by atoms with Gasteiger partial charge in [-0.25, -0.2) is 0 Å². The monoisotopic (exact) mass is 569 g/mol. The van der Waals surface area contributed by atoms with Crippen LogP contribution in [-0.2, 0) is 17.8 Å².